The van der Waals surface area contributed by atoms with Gasteiger partial charge in [0.25, 0.3) is 0 Å². The number of benzene rings is 2. The molecule has 3 rings (SSSR count). The van der Waals surface area contributed by atoms with Gasteiger partial charge in [0.15, 0.2) is 0 Å². The molecule has 1 aliphatic rings. The van der Waals surface area contributed by atoms with Crippen LogP contribution in [0, 0.1) is 17.6 Å². The first-order valence-corrected chi connectivity index (χ1v) is 7.67. The summed E-state index contributed by atoms with van der Waals surface area (Å²) in [5.74, 6) is -2.01. The Kier molecular flexibility index (Phi) is 4.83. The minimum atomic E-state index is -0.568. The van der Waals surface area contributed by atoms with Crippen LogP contribution in [0.3, 0.4) is 0 Å². The van der Waals surface area contributed by atoms with Gasteiger partial charge in [-0.2, -0.15) is 5.10 Å². The summed E-state index contributed by atoms with van der Waals surface area (Å²) in [4.78, 5) is 25.6. The number of rotatable bonds is 4. The molecule has 0 radical (unpaired) electrons. The van der Waals surface area contributed by atoms with Crippen molar-refractivity contribution in [3.8, 4) is 0 Å². The van der Waals surface area contributed by atoms with Gasteiger partial charge in [-0.3, -0.25) is 9.59 Å². The molecule has 1 fully saturated rings. The van der Waals surface area contributed by atoms with E-state index in [0.717, 1.165) is 0 Å². The smallest absolute Gasteiger partial charge is 0.245 e. The van der Waals surface area contributed by atoms with Crippen LogP contribution >= 0.6 is 0 Å². The Morgan fingerprint density at radius 2 is 1.92 bits per heavy atom. The van der Waals surface area contributed by atoms with E-state index in [1.54, 1.807) is 6.07 Å². The summed E-state index contributed by atoms with van der Waals surface area (Å²) in [6.07, 6.45) is 1.42. The zero-order valence-electron chi connectivity index (χ0n) is 13.2. The zero-order valence-corrected chi connectivity index (χ0v) is 13.2. The predicted molar refractivity (Wildman–Crippen MR) is 89.0 cm³/mol. The molecule has 5 nitrogen and oxygen atoms in total. The summed E-state index contributed by atoms with van der Waals surface area (Å²) in [5, 5.41) is 3.82. The van der Waals surface area contributed by atoms with Gasteiger partial charge < -0.3 is 4.90 Å². The molecule has 128 valence electrons. The summed E-state index contributed by atoms with van der Waals surface area (Å²) in [6.45, 7) is 0.167. The highest BCUT2D eigenvalue weighted by Gasteiger charge is 2.35. The first-order chi connectivity index (χ1) is 12.0. The number of carbonyl (C=O) groups excluding carboxylic acids is 2. The van der Waals surface area contributed by atoms with E-state index in [2.05, 4.69) is 10.5 Å². The summed E-state index contributed by atoms with van der Waals surface area (Å²) in [7, 11) is 0. The molecule has 0 saturated carbocycles. The first-order valence-electron chi connectivity index (χ1n) is 7.67. The normalized spacial score (nSPS) is 17.3. The lowest BCUT2D eigenvalue weighted by atomic mass is 10.1. The van der Waals surface area contributed by atoms with Gasteiger partial charge in [0.05, 0.1) is 12.1 Å². The molecule has 1 unspecified atom stereocenters. The van der Waals surface area contributed by atoms with Crippen molar-refractivity contribution < 1.29 is 18.4 Å². The Morgan fingerprint density at radius 3 is 2.64 bits per heavy atom. The third-order valence-electron chi connectivity index (χ3n) is 3.87. The Hall–Kier alpha value is -3.09. The molecule has 0 aromatic heterocycles. The number of nitrogens with one attached hydrogen (secondary N) is 1. The minimum absolute atomic E-state index is 0.0361. The number of carbonyl (C=O) groups is 2. The average molecular weight is 343 g/mol. The summed E-state index contributed by atoms with van der Waals surface area (Å²) < 4.78 is 26.1. The topological polar surface area (TPSA) is 61.8 Å². The monoisotopic (exact) mass is 343 g/mol. The molecule has 1 N–H and O–H groups in total. The van der Waals surface area contributed by atoms with Gasteiger partial charge in [0.2, 0.25) is 11.8 Å². The SMILES string of the molecule is O=C(NN=Cc1ccc(F)cc1)C1CC(=O)N(c2cccc(F)c2)C1. The fourth-order valence-corrected chi connectivity index (χ4v) is 2.59. The molecule has 2 aromatic rings. The van der Waals surface area contributed by atoms with Gasteiger partial charge in [-0.25, -0.2) is 14.2 Å². The molecule has 25 heavy (non-hydrogen) atoms. The number of hydrazone groups is 1. The van der Waals surface area contributed by atoms with Crippen molar-refractivity contribution in [2.24, 2.45) is 11.0 Å². The Labute approximate surface area is 143 Å². The minimum Gasteiger partial charge on any atom is -0.311 e. The lowest BCUT2D eigenvalue weighted by Gasteiger charge is -2.16. The van der Waals surface area contributed by atoms with Gasteiger partial charge in [-0.15, -0.1) is 0 Å². The molecular weight excluding hydrogens is 328 g/mol. The quantitative estimate of drug-likeness (QED) is 0.685. The van der Waals surface area contributed by atoms with E-state index in [1.165, 1.54) is 53.6 Å². The van der Waals surface area contributed by atoms with Crippen molar-refractivity contribution in [2.75, 3.05) is 11.4 Å². The van der Waals surface area contributed by atoms with E-state index in [9.17, 15) is 18.4 Å². The fraction of sp³-hybridized carbons (Fsp3) is 0.167. The second kappa shape index (κ2) is 7.21. The van der Waals surface area contributed by atoms with Crippen LogP contribution in [0.15, 0.2) is 53.6 Å². The van der Waals surface area contributed by atoms with Crippen molar-refractivity contribution in [3.63, 3.8) is 0 Å². The lowest BCUT2D eigenvalue weighted by molar-refractivity contribution is -0.126. The Balaban J connectivity index is 1.60. The van der Waals surface area contributed by atoms with E-state index < -0.39 is 17.6 Å². The summed E-state index contributed by atoms with van der Waals surface area (Å²) in [6, 6.07) is 11.3. The van der Waals surface area contributed by atoms with Crippen LogP contribution in [0.4, 0.5) is 14.5 Å². The van der Waals surface area contributed by atoms with E-state index in [4.69, 9.17) is 0 Å². The Morgan fingerprint density at radius 1 is 1.16 bits per heavy atom. The molecule has 7 heteroatoms. The van der Waals surface area contributed by atoms with Crippen LogP contribution in [0.2, 0.25) is 0 Å². The van der Waals surface area contributed by atoms with Crippen molar-refractivity contribution in [3.05, 3.63) is 65.7 Å². The Bertz CT molecular complexity index is 821. The number of amides is 2. The molecule has 0 aliphatic carbocycles. The molecule has 1 aliphatic heterocycles. The van der Waals surface area contributed by atoms with Crippen LogP contribution in [0.25, 0.3) is 0 Å². The highest BCUT2D eigenvalue weighted by Crippen LogP contribution is 2.25. The standard InChI is InChI=1S/C18H15F2N3O2/c19-14-6-4-12(5-7-14)10-21-22-18(25)13-8-17(24)23(11-13)16-3-1-2-15(20)9-16/h1-7,9-10,13H,8,11H2,(H,22,25). The van der Waals surface area contributed by atoms with Crippen LogP contribution in [-0.2, 0) is 9.59 Å². The molecule has 2 aromatic carbocycles. The second-order valence-corrected chi connectivity index (χ2v) is 5.67. The summed E-state index contributed by atoms with van der Waals surface area (Å²) in [5.41, 5.74) is 3.43. The number of halogens is 2. The van der Waals surface area contributed by atoms with Crippen LogP contribution < -0.4 is 10.3 Å². The molecule has 0 bridgehead atoms. The molecule has 1 saturated heterocycles. The average Bonchev–Trinajstić information content (AvgIpc) is 2.98. The zero-order chi connectivity index (χ0) is 17.8. The maximum atomic E-state index is 13.3. The third kappa shape index (κ3) is 4.06. The molecular formula is C18H15F2N3O2. The number of hydrogen-bond donors (Lipinski definition) is 1. The van der Waals surface area contributed by atoms with E-state index in [0.29, 0.717) is 11.3 Å². The molecule has 0 spiro atoms. The van der Waals surface area contributed by atoms with Crippen molar-refractivity contribution >= 4 is 23.7 Å². The van der Waals surface area contributed by atoms with Gasteiger partial charge in [0, 0.05) is 18.7 Å². The first kappa shape index (κ1) is 16.8. The van der Waals surface area contributed by atoms with E-state index in [1.807, 2.05) is 0 Å². The summed E-state index contributed by atoms with van der Waals surface area (Å²) >= 11 is 0. The third-order valence-corrected chi connectivity index (χ3v) is 3.87. The number of hydrogen-bond acceptors (Lipinski definition) is 3. The van der Waals surface area contributed by atoms with Crippen LogP contribution in [0.1, 0.15) is 12.0 Å². The van der Waals surface area contributed by atoms with Crippen LogP contribution in [0.5, 0.6) is 0 Å². The largest absolute Gasteiger partial charge is 0.311 e. The fourth-order valence-electron chi connectivity index (χ4n) is 2.59. The van der Waals surface area contributed by atoms with Crippen LogP contribution in [-0.4, -0.2) is 24.6 Å². The van der Waals surface area contributed by atoms with E-state index >= 15 is 0 Å². The lowest BCUT2D eigenvalue weighted by Crippen LogP contribution is -2.30. The highest BCUT2D eigenvalue weighted by atomic mass is 19.1. The molecule has 2 amide bonds. The predicted octanol–water partition coefficient (Wildman–Crippen LogP) is 2.47. The van der Waals surface area contributed by atoms with Crippen molar-refractivity contribution in [2.45, 2.75) is 6.42 Å². The van der Waals surface area contributed by atoms with Gasteiger partial charge in [-0.1, -0.05) is 18.2 Å². The highest BCUT2D eigenvalue weighted by molar-refractivity contribution is 6.00. The van der Waals surface area contributed by atoms with Gasteiger partial charge in [-0.05, 0) is 35.9 Å². The number of nitrogens with zero attached hydrogens (tertiary/aromatic N) is 2. The number of anilines is 1. The van der Waals surface area contributed by atoms with Crippen molar-refractivity contribution in [1.82, 2.24) is 5.43 Å². The molecule has 1 heterocycles. The van der Waals surface area contributed by atoms with E-state index in [-0.39, 0.29) is 24.7 Å². The maximum Gasteiger partial charge on any atom is 0.245 e. The second-order valence-electron chi connectivity index (χ2n) is 5.67. The molecule has 1 atom stereocenters. The maximum absolute atomic E-state index is 13.3. The van der Waals surface area contributed by atoms with Gasteiger partial charge in [0.1, 0.15) is 11.6 Å². The van der Waals surface area contributed by atoms with Crippen molar-refractivity contribution in [1.29, 1.82) is 0 Å². The van der Waals surface area contributed by atoms with Gasteiger partial charge >= 0.3 is 0 Å².